The summed E-state index contributed by atoms with van der Waals surface area (Å²) in [5.74, 6) is -0.410. The molecule has 6 nitrogen and oxygen atoms in total. The molecule has 0 bridgehead atoms. The second kappa shape index (κ2) is 6.18. The van der Waals surface area contributed by atoms with Crippen LogP contribution < -0.4 is 4.74 Å². The summed E-state index contributed by atoms with van der Waals surface area (Å²) in [6.07, 6.45) is 1.54. The van der Waals surface area contributed by atoms with Crippen molar-refractivity contribution < 1.29 is 14.6 Å². The van der Waals surface area contributed by atoms with Gasteiger partial charge in [0.1, 0.15) is 0 Å². The van der Waals surface area contributed by atoms with Crippen LogP contribution in [0.4, 0.5) is 0 Å². The van der Waals surface area contributed by atoms with E-state index in [0.717, 1.165) is 0 Å². The first-order valence-electron chi connectivity index (χ1n) is 6.89. The molecular weight excluding hydrogens is 318 g/mol. The number of para-hydroxylation sites is 1. The Morgan fingerprint density at radius 1 is 1.26 bits per heavy atom. The number of carbonyl (C=O) groups is 1. The molecule has 2 aromatic heterocycles. The molecule has 2 heterocycles. The van der Waals surface area contributed by atoms with Gasteiger partial charge in [-0.25, -0.2) is 19.7 Å². The average Bonchev–Trinajstić information content (AvgIpc) is 2.55. The maximum atomic E-state index is 11.5. The number of hydrogen-bond acceptors (Lipinski definition) is 5. The van der Waals surface area contributed by atoms with Crippen molar-refractivity contribution in [3.63, 3.8) is 0 Å². The highest BCUT2D eigenvalue weighted by Gasteiger charge is 2.16. The van der Waals surface area contributed by atoms with Gasteiger partial charge in [0, 0.05) is 23.2 Å². The molecule has 23 heavy (non-hydrogen) atoms. The van der Waals surface area contributed by atoms with Gasteiger partial charge in [0.15, 0.2) is 11.5 Å². The first-order chi connectivity index (χ1) is 11.1. The zero-order valence-corrected chi connectivity index (χ0v) is 12.9. The number of nitrogens with zero attached hydrogens (tertiary/aromatic N) is 3. The number of hydrogen-bond donors (Lipinski definition) is 1. The van der Waals surface area contributed by atoms with E-state index >= 15 is 0 Å². The Morgan fingerprint density at radius 3 is 2.74 bits per heavy atom. The highest BCUT2D eigenvalue weighted by atomic mass is 35.5. The number of pyridine rings is 1. The van der Waals surface area contributed by atoms with Gasteiger partial charge in [0.25, 0.3) is 0 Å². The Hall–Kier alpha value is -2.73. The Balaban J connectivity index is 2.17. The van der Waals surface area contributed by atoms with Crippen molar-refractivity contribution in [2.24, 2.45) is 0 Å². The monoisotopic (exact) mass is 329 g/mol. The summed E-state index contributed by atoms with van der Waals surface area (Å²) in [5.41, 5.74) is 0.879. The molecule has 0 fully saturated rings. The van der Waals surface area contributed by atoms with Crippen molar-refractivity contribution in [2.45, 2.75) is 6.92 Å². The Morgan fingerprint density at radius 2 is 2.09 bits per heavy atom. The predicted molar refractivity (Wildman–Crippen MR) is 85.9 cm³/mol. The Labute approximate surface area is 136 Å². The predicted octanol–water partition coefficient (Wildman–Crippen LogP) is 3.44. The summed E-state index contributed by atoms with van der Waals surface area (Å²) in [7, 11) is 0. The van der Waals surface area contributed by atoms with Crippen LogP contribution in [-0.4, -0.2) is 32.6 Å². The molecule has 0 spiro atoms. The van der Waals surface area contributed by atoms with Crippen LogP contribution in [0.5, 0.6) is 5.88 Å². The van der Waals surface area contributed by atoms with Crippen molar-refractivity contribution in [2.75, 3.05) is 6.61 Å². The van der Waals surface area contributed by atoms with E-state index in [2.05, 4.69) is 15.0 Å². The van der Waals surface area contributed by atoms with Gasteiger partial charge in [-0.3, -0.25) is 0 Å². The average molecular weight is 330 g/mol. The molecule has 116 valence electrons. The molecule has 0 amide bonds. The quantitative estimate of drug-likeness (QED) is 0.789. The highest BCUT2D eigenvalue weighted by molar-refractivity contribution is 6.35. The van der Waals surface area contributed by atoms with Crippen LogP contribution in [0.15, 0.2) is 36.5 Å². The lowest BCUT2D eigenvalue weighted by molar-refractivity contribution is 0.0693. The number of fused-ring (bicyclic) bond motifs is 1. The second-order valence-corrected chi connectivity index (χ2v) is 5.06. The molecule has 0 saturated carbocycles. The zero-order valence-electron chi connectivity index (χ0n) is 12.2. The van der Waals surface area contributed by atoms with Gasteiger partial charge in [-0.2, -0.15) is 0 Å². The summed E-state index contributed by atoms with van der Waals surface area (Å²) in [4.78, 5) is 24.1. The molecule has 0 aliphatic heterocycles. The summed E-state index contributed by atoms with van der Waals surface area (Å²) < 4.78 is 5.28. The third-order valence-corrected chi connectivity index (χ3v) is 3.47. The van der Waals surface area contributed by atoms with Crippen LogP contribution in [-0.2, 0) is 0 Å². The van der Waals surface area contributed by atoms with Gasteiger partial charge in [-0.15, -0.1) is 0 Å². The van der Waals surface area contributed by atoms with Crippen LogP contribution in [0, 0.1) is 0 Å². The summed E-state index contributed by atoms with van der Waals surface area (Å²) in [6.45, 7) is 2.38. The van der Waals surface area contributed by atoms with E-state index in [1.54, 1.807) is 30.3 Å². The zero-order chi connectivity index (χ0) is 16.4. The maximum absolute atomic E-state index is 11.5. The number of aromatic carboxylic acids is 1. The minimum Gasteiger partial charge on any atom is -0.478 e. The molecule has 0 radical (unpaired) electrons. The first-order valence-corrected chi connectivity index (χ1v) is 7.26. The molecule has 0 aliphatic rings. The fourth-order valence-corrected chi connectivity index (χ4v) is 2.37. The number of rotatable bonds is 4. The van der Waals surface area contributed by atoms with E-state index in [-0.39, 0.29) is 11.5 Å². The van der Waals surface area contributed by atoms with Crippen molar-refractivity contribution in [3.8, 4) is 17.3 Å². The fourth-order valence-electron chi connectivity index (χ4n) is 2.16. The van der Waals surface area contributed by atoms with Gasteiger partial charge in [-0.05, 0) is 19.1 Å². The first kappa shape index (κ1) is 15.2. The molecule has 1 N–H and O–H groups in total. The molecule has 3 aromatic rings. The number of halogens is 1. The van der Waals surface area contributed by atoms with Crippen LogP contribution in [0.2, 0.25) is 5.02 Å². The molecule has 0 atom stereocenters. The summed E-state index contributed by atoms with van der Waals surface area (Å²) >= 11 is 6.14. The topological polar surface area (TPSA) is 85.2 Å². The number of aromatic nitrogens is 3. The third-order valence-electron chi connectivity index (χ3n) is 3.17. The van der Waals surface area contributed by atoms with Crippen molar-refractivity contribution in [1.29, 1.82) is 0 Å². The van der Waals surface area contributed by atoms with E-state index in [1.807, 2.05) is 6.92 Å². The van der Waals surface area contributed by atoms with Gasteiger partial charge >= 0.3 is 5.97 Å². The maximum Gasteiger partial charge on any atom is 0.355 e. The molecule has 3 rings (SSSR count). The minimum absolute atomic E-state index is 0.0959. The van der Waals surface area contributed by atoms with Gasteiger partial charge in [-0.1, -0.05) is 23.7 Å². The lowest BCUT2D eigenvalue weighted by atomic mass is 10.1. The smallest absolute Gasteiger partial charge is 0.355 e. The van der Waals surface area contributed by atoms with Gasteiger partial charge in [0.2, 0.25) is 5.88 Å². The van der Waals surface area contributed by atoms with Crippen molar-refractivity contribution in [1.82, 2.24) is 15.0 Å². The van der Waals surface area contributed by atoms with E-state index in [1.165, 1.54) is 6.20 Å². The van der Waals surface area contributed by atoms with Gasteiger partial charge < -0.3 is 9.84 Å². The number of carboxylic acid groups (broad SMARTS) is 1. The van der Waals surface area contributed by atoms with E-state index in [0.29, 0.717) is 34.0 Å². The van der Waals surface area contributed by atoms with Crippen LogP contribution in [0.3, 0.4) is 0 Å². The SMILES string of the molecule is CCOc1ccc(-c2nc(C(=O)O)c3cccc(Cl)c3n2)cn1. The normalized spacial score (nSPS) is 10.7. The fraction of sp³-hybridized carbons (Fsp3) is 0.125. The second-order valence-electron chi connectivity index (χ2n) is 4.66. The number of benzene rings is 1. The third kappa shape index (κ3) is 2.93. The standard InChI is InChI=1S/C16H12ClN3O3/c1-2-23-12-7-6-9(8-18-12)15-19-13-10(4-3-5-11(13)17)14(20-15)16(21)22/h3-8H,2H2,1H3,(H,21,22). The van der Waals surface area contributed by atoms with Crippen LogP contribution in [0.1, 0.15) is 17.4 Å². The minimum atomic E-state index is -1.14. The van der Waals surface area contributed by atoms with Gasteiger partial charge in [0.05, 0.1) is 17.1 Å². The largest absolute Gasteiger partial charge is 0.478 e. The molecule has 0 aliphatic carbocycles. The van der Waals surface area contributed by atoms with Crippen LogP contribution in [0.25, 0.3) is 22.3 Å². The summed E-state index contributed by atoms with van der Waals surface area (Å²) in [5, 5.41) is 10.2. The molecule has 7 heteroatoms. The molecule has 0 saturated heterocycles. The van der Waals surface area contributed by atoms with Crippen LogP contribution >= 0.6 is 11.6 Å². The number of ether oxygens (including phenoxy) is 1. The molecular formula is C16H12ClN3O3. The number of carboxylic acids is 1. The van der Waals surface area contributed by atoms with Crippen molar-refractivity contribution in [3.05, 3.63) is 47.2 Å². The lowest BCUT2D eigenvalue weighted by Gasteiger charge is -2.07. The van der Waals surface area contributed by atoms with E-state index in [4.69, 9.17) is 16.3 Å². The summed E-state index contributed by atoms with van der Waals surface area (Å²) in [6, 6.07) is 8.35. The van der Waals surface area contributed by atoms with E-state index < -0.39 is 5.97 Å². The Kier molecular flexibility index (Phi) is 4.08. The van der Waals surface area contributed by atoms with Crippen molar-refractivity contribution >= 4 is 28.5 Å². The lowest BCUT2D eigenvalue weighted by Crippen LogP contribution is -2.05. The van der Waals surface area contributed by atoms with E-state index in [9.17, 15) is 9.90 Å². The molecule has 1 aromatic carbocycles. The highest BCUT2D eigenvalue weighted by Crippen LogP contribution is 2.27. The molecule has 0 unspecified atom stereocenters. The Bertz CT molecular complexity index is 882.